The molecule has 9 aromatic rings. The van der Waals surface area contributed by atoms with Crippen molar-refractivity contribution in [1.29, 1.82) is 0 Å². The minimum atomic E-state index is -0.682. The number of benzene rings is 8. The van der Waals surface area contributed by atoms with Crippen molar-refractivity contribution in [3.63, 3.8) is 0 Å². The summed E-state index contributed by atoms with van der Waals surface area (Å²) in [6, 6.07) is 76.7. The number of ketones is 1. The van der Waals surface area contributed by atoms with Crippen molar-refractivity contribution in [2.45, 2.75) is 5.41 Å². The molecule has 1 aromatic heterocycles. The molecular formula is C55H36N2O. The van der Waals surface area contributed by atoms with Crippen molar-refractivity contribution in [2.75, 3.05) is 4.90 Å². The normalized spacial score (nSPS) is 13.3. The number of pyridine rings is 1. The molecule has 2 heterocycles. The lowest BCUT2D eigenvalue weighted by Crippen LogP contribution is -2.42. The third-order valence-corrected chi connectivity index (χ3v) is 11.8. The van der Waals surface area contributed by atoms with Gasteiger partial charge in [0.15, 0.2) is 5.78 Å². The van der Waals surface area contributed by atoms with Crippen molar-refractivity contribution < 1.29 is 4.79 Å². The summed E-state index contributed by atoms with van der Waals surface area (Å²) in [5, 5.41) is 0. The Bertz CT molecular complexity index is 2880. The van der Waals surface area contributed by atoms with Crippen molar-refractivity contribution in [2.24, 2.45) is 0 Å². The Morgan fingerprint density at radius 1 is 0.345 bits per heavy atom. The SMILES string of the molecule is O=C1c2ccccc2C2(c3ccccc31)c1ccccc1N(c1cccc(-c3cccc(-c4cc(-c5ccccc5)nc(-c5ccccc5)c4)c3)c1)c1ccccc12. The summed E-state index contributed by atoms with van der Waals surface area (Å²) in [5.74, 6) is 0.0727. The van der Waals surface area contributed by atoms with Gasteiger partial charge in [-0.15, -0.1) is 0 Å². The van der Waals surface area contributed by atoms with Gasteiger partial charge in [0, 0.05) is 27.9 Å². The first-order valence-corrected chi connectivity index (χ1v) is 19.8. The maximum atomic E-state index is 14.1. The number of para-hydroxylation sites is 2. The Morgan fingerprint density at radius 3 is 1.31 bits per heavy atom. The van der Waals surface area contributed by atoms with Gasteiger partial charge in [-0.3, -0.25) is 4.79 Å². The van der Waals surface area contributed by atoms with E-state index in [1.807, 2.05) is 36.4 Å². The summed E-state index contributed by atoms with van der Waals surface area (Å²) < 4.78 is 0. The van der Waals surface area contributed by atoms with E-state index in [0.717, 1.165) is 95.2 Å². The van der Waals surface area contributed by atoms with Crippen molar-refractivity contribution in [3.05, 3.63) is 252 Å². The van der Waals surface area contributed by atoms with Crippen LogP contribution >= 0.6 is 0 Å². The second-order valence-corrected chi connectivity index (χ2v) is 15.0. The number of aromatic nitrogens is 1. The highest BCUT2D eigenvalue weighted by Gasteiger charge is 2.51. The summed E-state index contributed by atoms with van der Waals surface area (Å²) in [6.45, 7) is 0. The zero-order valence-corrected chi connectivity index (χ0v) is 31.6. The maximum absolute atomic E-state index is 14.1. The molecule has 0 fully saturated rings. The highest BCUT2D eigenvalue weighted by molar-refractivity contribution is 6.14. The molecule has 11 rings (SSSR count). The number of hydrogen-bond donors (Lipinski definition) is 0. The molecular weight excluding hydrogens is 705 g/mol. The molecule has 0 saturated carbocycles. The van der Waals surface area contributed by atoms with Crippen molar-refractivity contribution in [3.8, 4) is 44.8 Å². The second kappa shape index (κ2) is 13.5. The number of carbonyl (C=O) groups excluding carboxylic acids is 1. The summed E-state index contributed by atoms with van der Waals surface area (Å²) in [4.78, 5) is 21.6. The van der Waals surface area contributed by atoms with E-state index in [-0.39, 0.29) is 5.78 Å². The smallest absolute Gasteiger partial charge is 0.193 e. The van der Waals surface area contributed by atoms with Crippen molar-refractivity contribution in [1.82, 2.24) is 4.98 Å². The largest absolute Gasteiger partial charge is 0.310 e. The summed E-state index contributed by atoms with van der Waals surface area (Å²) in [6.07, 6.45) is 0. The van der Waals surface area contributed by atoms with Gasteiger partial charge in [0.1, 0.15) is 0 Å². The van der Waals surface area contributed by atoms with Crippen LogP contribution in [-0.2, 0) is 5.41 Å². The fraction of sp³-hybridized carbons (Fsp3) is 0.0182. The van der Waals surface area contributed by atoms with Crippen LogP contribution in [0, 0.1) is 0 Å². The molecule has 1 aliphatic carbocycles. The highest BCUT2D eigenvalue weighted by Crippen LogP contribution is 2.60. The number of carbonyl (C=O) groups is 1. The third kappa shape index (κ3) is 5.21. The van der Waals surface area contributed by atoms with Crippen LogP contribution in [0.2, 0.25) is 0 Å². The summed E-state index contributed by atoms with van der Waals surface area (Å²) in [5.41, 5.74) is 16.9. The van der Waals surface area contributed by atoms with Crippen molar-refractivity contribution >= 4 is 22.8 Å². The average Bonchev–Trinajstić information content (AvgIpc) is 3.31. The van der Waals surface area contributed by atoms with Gasteiger partial charge in [-0.1, -0.05) is 176 Å². The number of nitrogens with zero attached hydrogens (tertiary/aromatic N) is 2. The van der Waals surface area contributed by atoms with Crippen LogP contribution in [0.3, 0.4) is 0 Å². The zero-order valence-electron chi connectivity index (χ0n) is 31.6. The lowest BCUT2D eigenvalue weighted by atomic mass is 9.57. The van der Waals surface area contributed by atoms with E-state index >= 15 is 0 Å². The number of anilines is 3. The standard InChI is InChI=1S/C55H36N2O/c58-54-44-25-7-9-27-46(44)55(47-28-10-8-26-45(47)54)48-29-11-13-31-52(48)57(53-32-14-12-30-49(53)55)43-24-16-23-41(34-43)39-21-15-22-40(33-39)42-35-50(37-17-3-1-4-18-37)56-51(36-42)38-19-5-2-6-20-38/h1-36H. The van der Waals surface area contributed by atoms with Gasteiger partial charge in [-0.2, -0.15) is 0 Å². The number of rotatable bonds is 5. The summed E-state index contributed by atoms with van der Waals surface area (Å²) >= 11 is 0. The monoisotopic (exact) mass is 740 g/mol. The van der Waals surface area contributed by atoms with E-state index in [1.165, 1.54) is 0 Å². The second-order valence-electron chi connectivity index (χ2n) is 15.0. The van der Waals surface area contributed by atoms with Crippen LogP contribution in [0.1, 0.15) is 38.2 Å². The lowest BCUT2D eigenvalue weighted by molar-refractivity contribution is 0.103. The van der Waals surface area contributed by atoms with Crippen LogP contribution in [0.5, 0.6) is 0 Å². The molecule has 3 nitrogen and oxygen atoms in total. The quantitative estimate of drug-likeness (QED) is 0.176. The minimum Gasteiger partial charge on any atom is -0.310 e. The Labute approximate surface area is 338 Å². The van der Waals surface area contributed by atoms with Crippen LogP contribution in [-0.4, -0.2) is 10.8 Å². The van der Waals surface area contributed by atoms with E-state index in [2.05, 4.69) is 187 Å². The first kappa shape index (κ1) is 33.7. The molecule has 272 valence electrons. The number of hydrogen-bond acceptors (Lipinski definition) is 3. The topological polar surface area (TPSA) is 33.2 Å². The van der Waals surface area contributed by atoms with E-state index in [0.29, 0.717) is 0 Å². The predicted octanol–water partition coefficient (Wildman–Crippen LogP) is 13.5. The molecule has 0 radical (unpaired) electrons. The molecule has 1 spiro atoms. The fourth-order valence-corrected chi connectivity index (χ4v) is 9.32. The molecule has 0 bridgehead atoms. The zero-order chi connectivity index (χ0) is 38.6. The van der Waals surface area contributed by atoms with Gasteiger partial charge in [-0.25, -0.2) is 4.98 Å². The molecule has 1 aliphatic heterocycles. The van der Waals surface area contributed by atoms with E-state index in [4.69, 9.17) is 4.98 Å². The van der Waals surface area contributed by atoms with E-state index in [9.17, 15) is 4.79 Å². The fourth-order valence-electron chi connectivity index (χ4n) is 9.32. The van der Waals surface area contributed by atoms with Crippen LogP contribution in [0.25, 0.3) is 44.8 Å². The Hall–Kier alpha value is -7.62. The molecule has 58 heavy (non-hydrogen) atoms. The molecule has 2 aliphatic rings. The average molecular weight is 741 g/mol. The predicted molar refractivity (Wildman–Crippen MR) is 236 cm³/mol. The van der Waals surface area contributed by atoms with Crippen LogP contribution in [0.4, 0.5) is 17.1 Å². The molecule has 0 N–H and O–H groups in total. The first-order valence-electron chi connectivity index (χ1n) is 19.8. The summed E-state index contributed by atoms with van der Waals surface area (Å²) in [7, 11) is 0. The molecule has 8 aromatic carbocycles. The minimum absolute atomic E-state index is 0.0727. The van der Waals surface area contributed by atoms with Gasteiger partial charge in [0.2, 0.25) is 0 Å². The Balaban J connectivity index is 1.06. The van der Waals surface area contributed by atoms with E-state index < -0.39 is 5.41 Å². The van der Waals surface area contributed by atoms with Crippen LogP contribution < -0.4 is 4.90 Å². The molecule has 3 heteroatoms. The van der Waals surface area contributed by atoms with Gasteiger partial charge in [0.05, 0.1) is 28.2 Å². The highest BCUT2D eigenvalue weighted by atomic mass is 16.1. The lowest BCUT2D eigenvalue weighted by Gasteiger charge is -2.48. The maximum Gasteiger partial charge on any atom is 0.193 e. The Morgan fingerprint density at radius 2 is 0.759 bits per heavy atom. The van der Waals surface area contributed by atoms with E-state index in [1.54, 1.807) is 0 Å². The van der Waals surface area contributed by atoms with Crippen LogP contribution in [0.15, 0.2) is 218 Å². The first-order chi connectivity index (χ1) is 28.7. The van der Waals surface area contributed by atoms with Gasteiger partial charge in [-0.05, 0) is 87.0 Å². The molecule has 0 saturated heterocycles. The number of fused-ring (bicyclic) bond motifs is 8. The van der Waals surface area contributed by atoms with Gasteiger partial charge < -0.3 is 4.90 Å². The Kier molecular flexibility index (Phi) is 7.87. The molecule has 0 atom stereocenters. The van der Waals surface area contributed by atoms with Gasteiger partial charge in [0.25, 0.3) is 0 Å². The third-order valence-electron chi connectivity index (χ3n) is 11.8. The molecule has 0 amide bonds. The molecule has 0 unspecified atom stereocenters. The van der Waals surface area contributed by atoms with Gasteiger partial charge >= 0.3 is 0 Å².